The first kappa shape index (κ1) is 12.5. The van der Waals surface area contributed by atoms with Gasteiger partial charge in [0.15, 0.2) is 0 Å². The SMILES string of the molecule is CN(C)CCn1cnnc1C1CCC(N)CC1. The van der Waals surface area contributed by atoms with Gasteiger partial charge in [-0.15, -0.1) is 10.2 Å². The average molecular weight is 237 g/mol. The molecule has 2 N–H and O–H groups in total. The van der Waals surface area contributed by atoms with Gasteiger partial charge in [0.25, 0.3) is 0 Å². The summed E-state index contributed by atoms with van der Waals surface area (Å²) in [6.07, 6.45) is 6.40. The van der Waals surface area contributed by atoms with E-state index >= 15 is 0 Å². The molecule has 5 nitrogen and oxygen atoms in total. The number of rotatable bonds is 4. The lowest BCUT2D eigenvalue weighted by atomic mass is 9.86. The Bertz CT molecular complexity index is 338. The molecule has 1 aliphatic carbocycles. The van der Waals surface area contributed by atoms with E-state index in [1.54, 1.807) is 0 Å². The van der Waals surface area contributed by atoms with Gasteiger partial charge in [0.1, 0.15) is 12.2 Å². The maximum absolute atomic E-state index is 5.94. The fourth-order valence-electron chi connectivity index (χ4n) is 2.44. The van der Waals surface area contributed by atoms with Gasteiger partial charge in [-0.05, 0) is 39.8 Å². The summed E-state index contributed by atoms with van der Waals surface area (Å²) in [7, 11) is 4.17. The van der Waals surface area contributed by atoms with Crippen LogP contribution < -0.4 is 5.73 Å². The zero-order chi connectivity index (χ0) is 12.3. The minimum atomic E-state index is 0.393. The zero-order valence-electron chi connectivity index (χ0n) is 10.8. The van der Waals surface area contributed by atoms with Gasteiger partial charge >= 0.3 is 0 Å². The highest BCUT2D eigenvalue weighted by molar-refractivity contribution is 4.99. The van der Waals surface area contributed by atoms with Crippen molar-refractivity contribution < 1.29 is 0 Å². The lowest BCUT2D eigenvalue weighted by Gasteiger charge is -2.25. The Labute approximate surface area is 103 Å². The van der Waals surface area contributed by atoms with Crippen LogP contribution in [0.3, 0.4) is 0 Å². The first-order valence-electron chi connectivity index (χ1n) is 6.45. The Morgan fingerprint density at radius 3 is 2.71 bits per heavy atom. The molecule has 0 aliphatic heterocycles. The molecule has 1 heterocycles. The second-order valence-electron chi connectivity index (χ2n) is 5.30. The van der Waals surface area contributed by atoms with Gasteiger partial charge in [-0.25, -0.2) is 0 Å². The summed E-state index contributed by atoms with van der Waals surface area (Å²) in [5, 5.41) is 8.35. The molecule has 5 heteroatoms. The summed E-state index contributed by atoms with van der Waals surface area (Å²) in [5.74, 6) is 1.71. The van der Waals surface area contributed by atoms with Crippen molar-refractivity contribution in [2.75, 3.05) is 20.6 Å². The molecule has 0 aromatic carbocycles. The lowest BCUT2D eigenvalue weighted by Crippen LogP contribution is -2.27. The summed E-state index contributed by atoms with van der Waals surface area (Å²) >= 11 is 0. The Morgan fingerprint density at radius 1 is 1.35 bits per heavy atom. The van der Waals surface area contributed by atoms with E-state index < -0.39 is 0 Å². The number of hydrogen-bond donors (Lipinski definition) is 1. The van der Waals surface area contributed by atoms with Crippen LogP contribution in [-0.4, -0.2) is 46.3 Å². The molecule has 0 bridgehead atoms. The summed E-state index contributed by atoms with van der Waals surface area (Å²) in [5.41, 5.74) is 5.94. The maximum Gasteiger partial charge on any atom is 0.135 e. The third-order valence-electron chi connectivity index (χ3n) is 3.57. The van der Waals surface area contributed by atoms with Crippen molar-refractivity contribution in [2.24, 2.45) is 5.73 Å². The monoisotopic (exact) mass is 237 g/mol. The summed E-state index contributed by atoms with van der Waals surface area (Å²) in [4.78, 5) is 2.18. The largest absolute Gasteiger partial charge is 0.328 e. The van der Waals surface area contributed by atoms with E-state index in [2.05, 4.69) is 33.8 Å². The topological polar surface area (TPSA) is 60.0 Å². The summed E-state index contributed by atoms with van der Waals surface area (Å²) in [6, 6.07) is 0.393. The highest BCUT2D eigenvalue weighted by Gasteiger charge is 2.23. The summed E-state index contributed by atoms with van der Waals surface area (Å²) < 4.78 is 2.20. The minimum absolute atomic E-state index is 0.393. The molecule has 1 aromatic rings. The van der Waals surface area contributed by atoms with E-state index in [9.17, 15) is 0 Å². The second-order valence-corrected chi connectivity index (χ2v) is 5.30. The molecule has 17 heavy (non-hydrogen) atoms. The maximum atomic E-state index is 5.94. The van der Waals surface area contributed by atoms with Crippen molar-refractivity contribution >= 4 is 0 Å². The Hall–Kier alpha value is -0.940. The molecule has 96 valence electrons. The minimum Gasteiger partial charge on any atom is -0.328 e. The predicted molar refractivity (Wildman–Crippen MR) is 67.8 cm³/mol. The Balaban J connectivity index is 1.98. The van der Waals surface area contributed by atoms with Crippen molar-refractivity contribution in [2.45, 2.75) is 44.2 Å². The van der Waals surface area contributed by atoms with Gasteiger partial charge in [0, 0.05) is 25.0 Å². The van der Waals surface area contributed by atoms with Crippen LogP contribution in [0.15, 0.2) is 6.33 Å². The predicted octanol–water partition coefficient (Wildman–Crippen LogP) is 0.825. The molecule has 1 aliphatic rings. The van der Waals surface area contributed by atoms with E-state index in [1.807, 2.05) is 6.33 Å². The van der Waals surface area contributed by atoms with Crippen LogP contribution in [0.25, 0.3) is 0 Å². The van der Waals surface area contributed by atoms with Crippen LogP contribution in [0.4, 0.5) is 0 Å². The fraction of sp³-hybridized carbons (Fsp3) is 0.833. The highest BCUT2D eigenvalue weighted by atomic mass is 15.3. The van der Waals surface area contributed by atoms with Crippen LogP contribution in [-0.2, 0) is 6.54 Å². The number of likely N-dealkylation sites (N-methyl/N-ethyl adjacent to an activating group) is 1. The zero-order valence-corrected chi connectivity index (χ0v) is 10.8. The van der Waals surface area contributed by atoms with E-state index in [1.165, 1.54) is 0 Å². The van der Waals surface area contributed by atoms with E-state index in [4.69, 9.17) is 5.73 Å². The molecule has 1 aromatic heterocycles. The van der Waals surface area contributed by atoms with Crippen molar-refractivity contribution in [3.8, 4) is 0 Å². The van der Waals surface area contributed by atoms with Crippen LogP contribution in [0.2, 0.25) is 0 Å². The van der Waals surface area contributed by atoms with E-state index in [0.717, 1.165) is 44.6 Å². The molecule has 0 amide bonds. The van der Waals surface area contributed by atoms with Crippen molar-refractivity contribution in [1.29, 1.82) is 0 Å². The summed E-state index contributed by atoms with van der Waals surface area (Å²) in [6.45, 7) is 2.00. The van der Waals surface area contributed by atoms with Gasteiger partial charge in [-0.1, -0.05) is 0 Å². The molecule has 2 rings (SSSR count). The molecule has 1 fully saturated rings. The molecule has 0 atom stereocenters. The smallest absolute Gasteiger partial charge is 0.135 e. The number of nitrogens with zero attached hydrogens (tertiary/aromatic N) is 4. The standard InChI is InChI=1S/C12H23N5/c1-16(2)7-8-17-9-14-15-12(17)10-3-5-11(13)6-4-10/h9-11H,3-8,13H2,1-2H3. The Kier molecular flexibility index (Phi) is 4.12. The number of nitrogens with two attached hydrogens (primary N) is 1. The van der Waals surface area contributed by atoms with Crippen LogP contribution in [0.1, 0.15) is 37.4 Å². The van der Waals surface area contributed by atoms with Crippen molar-refractivity contribution in [3.05, 3.63) is 12.2 Å². The average Bonchev–Trinajstić information content (AvgIpc) is 2.75. The normalized spacial score (nSPS) is 25.4. The molecule has 0 radical (unpaired) electrons. The third-order valence-corrected chi connectivity index (χ3v) is 3.57. The van der Waals surface area contributed by atoms with E-state index in [0.29, 0.717) is 12.0 Å². The van der Waals surface area contributed by atoms with Gasteiger partial charge in [-0.2, -0.15) is 0 Å². The van der Waals surface area contributed by atoms with Crippen molar-refractivity contribution in [1.82, 2.24) is 19.7 Å². The molecule has 1 saturated carbocycles. The van der Waals surface area contributed by atoms with Gasteiger partial charge in [-0.3, -0.25) is 0 Å². The molecular weight excluding hydrogens is 214 g/mol. The van der Waals surface area contributed by atoms with Gasteiger partial charge < -0.3 is 15.2 Å². The van der Waals surface area contributed by atoms with Gasteiger partial charge in [0.05, 0.1) is 0 Å². The lowest BCUT2D eigenvalue weighted by molar-refractivity contribution is 0.354. The molecule has 0 unspecified atom stereocenters. The molecular formula is C12H23N5. The highest BCUT2D eigenvalue weighted by Crippen LogP contribution is 2.30. The van der Waals surface area contributed by atoms with Crippen LogP contribution in [0, 0.1) is 0 Å². The van der Waals surface area contributed by atoms with E-state index in [-0.39, 0.29) is 0 Å². The first-order valence-corrected chi connectivity index (χ1v) is 6.45. The number of aromatic nitrogens is 3. The second kappa shape index (κ2) is 5.60. The third kappa shape index (κ3) is 3.26. The Morgan fingerprint density at radius 2 is 2.06 bits per heavy atom. The fourth-order valence-corrected chi connectivity index (χ4v) is 2.44. The quantitative estimate of drug-likeness (QED) is 0.842. The molecule has 0 spiro atoms. The first-order chi connectivity index (χ1) is 8.16. The van der Waals surface area contributed by atoms with Crippen molar-refractivity contribution in [3.63, 3.8) is 0 Å². The van der Waals surface area contributed by atoms with Crippen LogP contribution in [0.5, 0.6) is 0 Å². The molecule has 0 saturated heterocycles. The van der Waals surface area contributed by atoms with Gasteiger partial charge in [0.2, 0.25) is 0 Å². The number of hydrogen-bond acceptors (Lipinski definition) is 4. The van der Waals surface area contributed by atoms with Crippen LogP contribution >= 0.6 is 0 Å².